The molecule has 4 rings (SSSR count). The lowest BCUT2D eigenvalue weighted by Crippen LogP contribution is -2.35. The van der Waals surface area contributed by atoms with Gasteiger partial charge in [0.15, 0.2) is 5.82 Å². The fraction of sp³-hybridized carbons (Fsp3) is 0.333. The summed E-state index contributed by atoms with van der Waals surface area (Å²) >= 11 is 12.5. The fourth-order valence-electron chi connectivity index (χ4n) is 3.74. The molecule has 1 aliphatic heterocycles. The van der Waals surface area contributed by atoms with Gasteiger partial charge in [-0.3, -0.25) is 0 Å². The molecular weight excluding hydrogens is 457 g/mol. The highest BCUT2D eigenvalue weighted by Gasteiger charge is 2.54. The summed E-state index contributed by atoms with van der Waals surface area (Å²) in [4.78, 5) is 16.7. The Balaban J connectivity index is 1.88. The SMILES string of the molecule is O=C(O)c1sc(C2=NOC(C(F)(F)F)C2c2cc(Cl)c(F)c(Cl)c2)c2c1CCC2. The fourth-order valence-corrected chi connectivity index (χ4v) is 5.50. The number of benzene rings is 1. The van der Waals surface area contributed by atoms with Gasteiger partial charge in [0.1, 0.15) is 10.6 Å². The molecule has 0 bridgehead atoms. The van der Waals surface area contributed by atoms with E-state index in [9.17, 15) is 27.5 Å². The van der Waals surface area contributed by atoms with E-state index < -0.39 is 40.0 Å². The highest BCUT2D eigenvalue weighted by molar-refractivity contribution is 7.16. The molecule has 1 aromatic carbocycles. The third-order valence-electron chi connectivity index (χ3n) is 4.95. The third kappa shape index (κ3) is 3.39. The van der Waals surface area contributed by atoms with Gasteiger partial charge >= 0.3 is 12.1 Å². The summed E-state index contributed by atoms with van der Waals surface area (Å²) in [7, 11) is 0. The Morgan fingerprint density at radius 3 is 2.41 bits per heavy atom. The number of carbonyl (C=O) groups is 1. The van der Waals surface area contributed by atoms with Crippen molar-refractivity contribution >= 4 is 46.2 Å². The Hall–Kier alpha value is -1.84. The number of hydrogen-bond acceptors (Lipinski definition) is 4. The van der Waals surface area contributed by atoms with Gasteiger partial charge in [-0.25, -0.2) is 9.18 Å². The lowest BCUT2D eigenvalue weighted by Gasteiger charge is -2.22. The summed E-state index contributed by atoms with van der Waals surface area (Å²) in [5, 5.41) is 12.3. The highest BCUT2D eigenvalue weighted by Crippen LogP contribution is 2.46. The van der Waals surface area contributed by atoms with Gasteiger partial charge < -0.3 is 9.94 Å². The van der Waals surface area contributed by atoms with E-state index in [1.165, 1.54) is 0 Å². The van der Waals surface area contributed by atoms with Crippen molar-refractivity contribution < 1.29 is 32.3 Å². The molecule has 29 heavy (non-hydrogen) atoms. The predicted molar refractivity (Wildman–Crippen MR) is 99.9 cm³/mol. The molecule has 2 unspecified atom stereocenters. The second-order valence-electron chi connectivity index (χ2n) is 6.70. The first-order valence-corrected chi connectivity index (χ1v) is 10.00. The predicted octanol–water partition coefficient (Wildman–Crippen LogP) is 5.83. The summed E-state index contributed by atoms with van der Waals surface area (Å²) in [6, 6.07) is 2.12. The molecule has 2 heterocycles. The van der Waals surface area contributed by atoms with E-state index >= 15 is 0 Å². The van der Waals surface area contributed by atoms with Gasteiger partial charge in [0, 0.05) is 0 Å². The Morgan fingerprint density at radius 1 is 1.21 bits per heavy atom. The van der Waals surface area contributed by atoms with Gasteiger partial charge in [0.25, 0.3) is 0 Å². The number of aromatic carboxylic acids is 1. The number of alkyl halides is 3. The minimum atomic E-state index is -4.78. The summed E-state index contributed by atoms with van der Waals surface area (Å²) in [5.74, 6) is -3.55. The van der Waals surface area contributed by atoms with Gasteiger partial charge in [-0.15, -0.1) is 11.3 Å². The molecule has 0 amide bonds. The van der Waals surface area contributed by atoms with Gasteiger partial charge in [-0.05, 0) is 48.1 Å². The van der Waals surface area contributed by atoms with Crippen LogP contribution in [0.2, 0.25) is 10.0 Å². The maximum atomic E-state index is 13.8. The summed E-state index contributed by atoms with van der Waals surface area (Å²) in [5.41, 5.74) is 1.21. The third-order valence-corrected chi connectivity index (χ3v) is 6.78. The normalized spacial score (nSPS) is 21.1. The Morgan fingerprint density at radius 2 is 1.83 bits per heavy atom. The smallest absolute Gasteiger partial charge is 0.429 e. The Bertz CT molecular complexity index is 1030. The first kappa shape index (κ1) is 20.4. The van der Waals surface area contributed by atoms with Crippen molar-refractivity contribution in [2.24, 2.45) is 5.16 Å². The molecular formula is C18H11Cl2F4NO3S. The number of hydrogen-bond donors (Lipinski definition) is 1. The number of rotatable bonds is 3. The summed E-state index contributed by atoms with van der Waals surface area (Å²) in [6.45, 7) is 0. The number of carboxylic acids is 1. The van der Waals surface area contributed by atoms with Crippen LogP contribution in [0.3, 0.4) is 0 Å². The number of oxime groups is 1. The number of thiophene rings is 1. The topological polar surface area (TPSA) is 58.9 Å². The molecule has 1 aliphatic carbocycles. The standard InChI is InChI=1S/C18H11Cl2F4NO3S/c19-9-4-6(5-10(20)12(9)21)11-13(25-28-16(11)18(22,23)24)14-7-2-1-3-8(7)15(29-14)17(26)27/h4-5,11,16H,1-3H2,(H,26,27). The maximum absolute atomic E-state index is 13.8. The van der Waals surface area contributed by atoms with Crippen LogP contribution in [0, 0.1) is 5.82 Å². The quantitative estimate of drug-likeness (QED) is 0.456. The van der Waals surface area contributed by atoms with Gasteiger partial charge in [-0.1, -0.05) is 28.4 Å². The van der Waals surface area contributed by atoms with E-state index in [1.54, 1.807) is 0 Å². The summed E-state index contributed by atoms with van der Waals surface area (Å²) < 4.78 is 54.7. The lowest BCUT2D eigenvalue weighted by atomic mass is 9.87. The van der Waals surface area contributed by atoms with Crippen LogP contribution in [0.4, 0.5) is 17.6 Å². The number of fused-ring (bicyclic) bond motifs is 1. The molecule has 0 radical (unpaired) electrons. The minimum absolute atomic E-state index is 0.0167. The van der Waals surface area contributed by atoms with E-state index in [-0.39, 0.29) is 16.2 Å². The molecule has 154 valence electrons. The highest BCUT2D eigenvalue weighted by atomic mass is 35.5. The molecule has 0 spiro atoms. The van der Waals surface area contributed by atoms with E-state index in [4.69, 9.17) is 28.0 Å². The molecule has 1 aromatic heterocycles. The van der Waals surface area contributed by atoms with Crippen molar-refractivity contribution in [2.75, 3.05) is 0 Å². The number of nitrogens with zero attached hydrogens (tertiary/aromatic N) is 1. The average Bonchev–Trinajstić information content (AvgIpc) is 3.32. The van der Waals surface area contributed by atoms with Crippen LogP contribution < -0.4 is 0 Å². The van der Waals surface area contributed by atoms with Crippen molar-refractivity contribution in [1.82, 2.24) is 0 Å². The van der Waals surface area contributed by atoms with Crippen molar-refractivity contribution in [1.29, 1.82) is 0 Å². The van der Waals surface area contributed by atoms with Crippen LogP contribution in [-0.2, 0) is 17.7 Å². The van der Waals surface area contributed by atoms with Gasteiger partial charge in [0.2, 0.25) is 6.10 Å². The first-order chi connectivity index (χ1) is 13.6. The molecule has 0 fully saturated rings. The zero-order valence-electron chi connectivity index (χ0n) is 14.3. The van der Waals surface area contributed by atoms with E-state index in [2.05, 4.69) is 5.16 Å². The monoisotopic (exact) mass is 467 g/mol. The number of halogens is 6. The second-order valence-corrected chi connectivity index (χ2v) is 8.53. The van der Waals surface area contributed by atoms with E-state index in [1.807, 2.05) is 0 Å². The number of carboxylic acid groups (broad SMARTS) is 1. The van der Waals surface area contributed by atoms with Gasteiger partial charge in [0.05, 0.1) is 20.8 Å². The van der Waals surface area contributed by atoms with Crippen LogP contribution in [-0.4, -0.2) is 29.1 Å². The van der Waals surface area contributed by atoms with Crippen molar-refractivity contribution in [2.45, 2.75) is 37.5 Å². The van der Waals surface area contributed by atoms with Crippen molar-refractivity contribution in [3.05, 3.63) is 54.4 Å². The summed E-state index contributed by atoms with van der Waals surface area (Å²) in [6.07, 6.45) is -5.35. The molecule has 4 nitrogen and oxygen atoms in total. The largest absolute Gasteiger partial charge is 0.477 e. The molecule has 2 atom stereocenters. The molecule has 2 aliphatic rings. The Kier molecular flexibility index (Phi) is 5.03. The van der Waals surface area contributed by atoms with Crippen LogP contribution >= 0.6 is 34.5 Å². The molecule has 0 saturated heterocycles. The molecule has 11 heteroatoms. The molecule has 0 saturated carbocycles. The zero-order chi connectivity index (χ0) is 21.1. The van der Waals surface area contributed by atoms with Crippen molar-refractivity contribution in [3.8, 4) is 0 Å². The van der Waals surface area contributed by atoms with E-state index in [0.717, 1.165) is 23.5 Å². The molecule has 1 N–H and O–H groups in total. The lowest BCUT2D eigenvalue weighted by molar-refractivity contribution is -0.216. The van der Waals surface area contributed by atoms with Crippen LogP contribution in [0.1, 0.15) is 43.6 Å². The average molecular weight is 468 g/mol. The minimum Gasteiger partial charge on any atom is -0.477 e. The van der Waals surface area contributed by atoms with Crippen LogP contribution in [0.15, 0.2) is 17.3 Å². The van der Waals surface area contributed by atoms with Gasteiger partial charge in [-0.2, -0.15) is 13.2 Å². The van der Waals surface area contributed by atoms with Crippen LogP contribution in [0.25, 0.3) is 0 Å². The zero-order valence-corrected chi connectivity index (χ0v) is 16.6. The van der Waals surface area contributed by atoms with Crippen LogP contribution in [0.5, 0.6) is 0 Å². The second kappa shape index (κ2) is 7.14. The molecule has 2 aromatic rings. The first-order valence-electron chi connectivity index (χ1n) is 8.42. The van der Waals surface area contributed by atoms with Crippen molar-refractivity contribution in [3.63, 3.8) is 0 Å². The Labute approximate surface area is 175 Å². The maximum Gasteiger partial charge on any atom is 0.429 e. The van der Waals surface area contributed by atoms with E-state index in [0.29, 0.717) is 35.3 Å².